The minimum absolute atomic E-state index is 0.0352. The number of ether oxygens (including phenoxy) is 1. The van der Waals surface area contributed by atoms with Gasteiger partial charge in [0.05, 0.1) is 13.3 Å². The monoisotopic (exact) mass is 915 g/mol. The zero-order chi connectivity index (χ0) is 37.2. The number of rotatable bonds is 18. The second kappa shape index (κ2) is 19.5. The highest BCUT2D eigenvalue weighted by molar-refractivity contribution is 9.11. The van der Waals surface area contributed by atoms with Crippen LogP contribution in [-0.4, -0.2) is 88.7 Å². The molecule has 19 heteroatoms. The van der Waals surface area contributed by atoms with E-state index in [1.54, 1.807) is 10.4 Å². The molecule has 2 aromatic rings. The highest BCUT2D eigenvalue weighted by Crippen LogP contribution is 2.38. The molecule has 0 saturated carbocycles. The van der Waals surface area contributed by atoms with Crippen LogP contribution in [0.4, 0.5) is 10.6 Å². The van der Waals surface area contributed by atoms with Crippen LogP contribution in [0.3, 0.4) is 0 Å². The van der Waals surface area contributed by atoms with E-state index in [1.165, 1.54) is 18.3 Å². The molecule has 2 aliphatic rings. The van der Waals surface area contributed by atoms with Gasteiger partial charge in [0, 0.05) is 38.9 Å². The van der Waals surface area contributed by atoms with Crippen molar-refractivity contribution in [3.63, 3.8) is 0 Å². The number of halogens is 3. The van der Waals surface area contributed by atoms with Crippen molar-refractivity contribution in [3.8, 4) is 0 Å². The molecule has 2 aromatic heterocycles. The summed E-state index contributed by atoms with van der Waals surface area (Å²) in [4.78, 5) is 29.7. The molecule has 4 rings (SSSR count). The molecule has 284 valence electrons. The van der Waals surface area contributed by atoms with E-state index in [2.05, 4.69) is 58.4 Å². The maximum Gasteiger partial charge on any atom is 0.407 e. The third-order valence-electron chi connectivity index (χ3n) is 9.14. The molecule has 51 heavy (non-hydrogen) atoms. The molecule has 2 fully saturated rings. The molecule has 0 aromatic carbocycles. The van der Waals surface area contributed by atoms with Crippen LogP contribution in [0.1, 0.15) is 64.2 Å². The Kier molecular flexibility index (Phi) is 16.0. The summed E-state index contributed by atoms with van der Waals surface area (Å²) < 4.78 is 62.7. The van der Waals surface area contributed by atoms with Crippen LogP contribution in [-0.2, 0) is 29.6 Å². The summed E-state index contributed by atoms with van der Waals surface area (Å²) in [7, 11) is -7.73. The van der Waals surface area contributed by atoms with Crippen LogP contribution in [0.2, 0.25) is 4.34 Å². The number of carboxylic acids is 1. The lowest BCUT2D eigenvalue weighted by atomic mass is 9.87. The van der Waals surface area contributed by atoms with Crippen LogP contribution in [0.5, 0.6) is 0 Å². The molecule has 1 unspecified atom stereocenters. The smallest absolute Gasteiger partial charge is 0.407 e. The lowest BCUT2D eigenvalue weighted by molar-refractivity contribution is -0.139. The van der Waals surface area contributed by atoms with Gasteiger partial charge in [0.15, 0.2) is 4.21 Å². The lowest BCUT2D eigenvalue weighted by Crippen LogP contribution is -2.41. The van der Waals surface area contributed by atoms with Gasteiger partial charge in [-0.3, -0.25) is 4.79 Å². The van der Waals surface area contributed by atoms with Crippen molar-refractivity contribution in [2.24, 2.45) is 11.8 Å². The summed E-state index contributed by atoms with van der Waals surface area (Å²) in [6.45, 7) is 6.38. The van der Waals surface area contributed by atoms with E-state index in [1.807, 2.05) is 0 Å². The number of sulfonamides is 2. The first-order valence-electron chi connectivity index (χ1n) is 16.8. The van der Waals surface area contributed by atoms with Crippen molar-refractivity contribution in [1.29, 1.82) is 0 Å². The highest BCUT2D eigenvalue weighted by atomic mass is 79.9. The van der Waals surface area contributed by atoms with Gasteiger partial charge in [-0.2, -0.15) is 9.03 Å². The number of carbonyl (C=O) groups is 2. The Bertz CT molecular complexity index is 1730. The van der Waals surface area contributed by atoms with E-state index in [-0.39, 0.29) is 28.7 Å². The Hall–Kier alpha value is -1.80. The number of thiophene rings is 1. The van der Waals surface area contributed by atoms with Gasteiger partial charge in [-0.05, 0) is 101 Å². The zero-order valence-electron chi connectivity index (χ0n) is 28.1. The fraction of sp³-hybridized carbons (Fsp3) is 0.594. The van der Waals surface area contributed by atoms with Crippen LogP contribution in [0, 0.1) is 11.8 Å². The molecule has 2 saturated heterocycles. The molecule has 0 bridgehead atoms. The number of nitrogens with one attached hydrogen (secondary N) is 2. The summed E-state index contributed by atoms with van der Waals surface area (Å²) in [5, 5.41) is 12.2. The number of amides is 1. The molecule has 0 radical (unpaired) electrons. The number of aliphatic carboxylic acids is 1. The number of anilines is 1. The number of hydrogen-bond donors (Lipinski definition) is 3. The Morgan fingerprint density at radius 2 is 1.69 bits per heavy atom. The predicted molar refractivity (Wildman–Crippen MR) is 204 cm³/mol. The minimum Gasteiger partial charge on any atom is -0.480 e. The molecule has 4 heterocycles. The number of hydrogen-bond acceptors (Lipinski definition) is 10. The Morgan fingerprint density at radius 1 is 1.04 bits per heavy atom. The molecular formula is C32H44Br2ClN5O8S3. The SMILES string of the molecule is C=CCOC(=O)NCCCCC(NS(=O)(=O)c1cnc(N2CCC(CCCC3CCN(S(=O)(=O)c4sc(Cl)cc4Br)CC3)CC2)c(Br)c1)C(=O)O. The van der Waals surface area contributed by atoms with Gasteiger partial charge in [-0.15, -0.1) is 11.3 Å². The standard InChI is InChI=1S/C32H44Br2ClN5O8S3/c1-2-18-48-32(43)36-13-4-3-8-27(30(41)42)38-50(44,45)24-19-25(33)29(37-21-24)39-14-9-22(10-15-39)6-5-7-23-11-16-40(17-12-23)51(46,47)31-26(34)20-28(35)49-31/h2,19-23,27,38H,1,3-18H2,(H,36,43)(H,41,42). The number of pyridine rings is 1. The second-order valence-corrected chi connectivity index (χ2v) is 19.9. The van der Waals surface area contributed by atoms with Crippen molar-refractivity contribution < 1.29 is 36.3 Å². The fourth-order valence-electron chi connectivity index (χ4n) is 6.32. The van der Waals surface area contributed by atoms with Gasteiger partial charge in [-0.1, -0.05) is 43.5 Å². The largest absolute Gasteiger partial charge is 0.480 e. The quantitative estimate of drug-likeness (QED) is 0.109. The van der Waals surface area contributed by atoms with Gasteiger partial charge in [-0.25, -0.2) is 26.6 Å². The summed E-state index contributed by atoms with van der Waals surface area (Å²) in [5.41, 5.74) is 0. The number of aromatic nitrogens is 1. The van der Waals surface area contributed by atoms with Crippen molar-refractivity contribution in [2.75, 3.05) is 44.2 Å². The van der Waals surface area contributed by atoms with Crippen LogP contribution in [0.25, 0.3) is 0 Å². The molecular weight excluding hydrogens is 874 g/mol. The highest BCUT2D eigenvalue weighted by Gasteiger charge is 2.33. The predicted octanol–water partition coefficient (Wildman–Crippen LogP) is 6.62. The fourth-order valence-corrected chi connectivity index (χ4v) is 12.9. The summed E-state index contributed by atoms with van der Waals surface area (Å²) in [6, 6.07) is 1.72. The average Bonchev–Trinajstić information content (AvgIpc) is 3.45. The molecule has 1 atom stereocenters. The van der Waals surface area contributed by atoms with Gasteiger partial charge in [0.2, 0.25) is 10.0 Å². The van der Waals surface area contributed by atoms with Gasteiger partial charge >= 0.3 is 12.1 Å². The molecule has 2 aliphatic heterocycles. The Balaban J connectivity index is 1.18. The van der Waals surface area contributed by atoms with Crippen LogP contribution < -0.4 is 14.9 Å². The van der Waals surface area contributed by atoms with E-state index in [9.17, 15) is 31.5 Å². The summed E-state index contributed by atoms with van der Waals surface area (Å²) in [6.07, 6.45) is 9.84. The van der Waals surface area contributed by atoms with Crippen molar-refractivity contribution in [3.05, 3.63) is 44.3 Å². The lowest BCUT2D eigenvalue weighted by Gasteiger charge is -2.34. The van der Waals surface area contributed by atoms with E-state index in [4.69, 9.17) is 16.3 Å². The molecule has 0 aliphatic carbocycles. The zero-order valence-corrected chi connectivity index (χ0v) is 34.4. The molecule has 13 nitrogen and oxygen atoms in total. The minimum atomic E-state index is -4.17. The first kappa shape index (κ1) is 41.9. The maximum atomic E-state index is 13.1. The first-order chi connectivity index (χ1) is 24.2. The van der Waals surface area contributed by atoms with Crippen molar-refractivity contribution >= 4 is 92.7 Å². The maximum absolute atomic E-state index is 13.1. The van der Waals surface area contributed by atoms with E-state index in [0.29, 0.717) is 56.9 Å². The Morgan fingerprint density at radius 3 is 2.25 bits per heavy atom. The molecule has 3 N–H and O–H groups in total. The number of carbonyl (C=O) groups excluding carboxylic acids is 1. The van der Waals surface area contributed by atoms with Gasteiger partial charge in [0.1, 0.15) is 23.4 Å². The number of alkyl carbamates (subject to hydrolysis) is 1. The first-order valence-corrected chi connectivity index (χ1v) is 22.5. The van der Waals surface area contributed by atoms with Gasteiger partial charge < -0.3 is 20.1 Å². The Labute approximate surface area is 325 Å². The average molecular weight is 918 g/mol. The molecule has 1 amide bonds. The summed E-state index contributed by atoms with van der Waals surface area (Å²) in [5.74, 6) is 0.415. The molecule has 0 spiro atoms. The second-order valence-electron chi connectivity index (χ2n) is 12.7. The van der Waals surface area contributed by atoms with Crippen molar-refractivity contribution in [2.45, 2.75) is 79.4 Å². The van der Waals surface area contributed by atoms with E-state index in [0.717, 1.165) is 69.4 Å². The topological polar surface area (TPSA) is 175 Å². The third kappa shape index (κ3) is 12.1. The van der Waals surface area contributed by atoms with E-state index < -0.39 is 38.2 Å². The summed E-state index contributed by atoms with van der Waals surface area (Å²) >= 11 is 13.9. The third-order valence-corrected chi connectivity index (χ3v) is 16.0. The number of carboxylic acid groups (broad SMARTS) is 1. The number of nitrogens with zero attached hydrogens (tertiary/aromatic N) is 3. The van der Waals surface area contributed by atoms with Crippen LogP contribution in [0.15, 0.2) is 49.0 Å². The number of unbranched alkanes of at least 4 members (excludes halogenated alkanes) is 1. The normalized spacial score (nSPS) is 17.3. The van der Waals surface area contributed by atoms with Crippen molar-refractivity contribution in [1.82, 2.24) is 19.3 Å². The van der Waals surface area contributed by atoms with Gasteiger partial charge in [0.25, 0.3) is 10.0 Å². The van der Waals surface area contributed by atoms with E-state index >= 15 is 0 Å². The number of piperidine rings is 2. The van der Waals surface area contributed by atoms with Crippen LogP contribution >= 0.6 is 54.8 Å².